The van der Waals surface area contributed by atoms with E-state index in [0.717, 1.165) is 55.8 Å². The summed E-state index contributed by atoms with van der Waals surface area (Å²) in [4.78, 5) is 14.5. The Balaban J connectivity index is 1.39. The number of carbonyl (C=O) groups excluding carboxylic acids is 1. The Morgan fingerprint density at radius 3 is 2.56 bits per heavy atom. The molecular formula is C21H24N2O2. The first-order chi connectivity index (χ1) is 12.2. The van der Waals surface area contributed by atoms with E-state index in [2.05, 4.69) is 23.5 Å². The molecular weight excluding hydrogens is 312 g/mol. The van der Waals surface area contributed by atoms with Crippen LogP contribution in [0.5, 0.6) is 5.75 Å². The van der Waals surface area contributed by atoms with Gasteiger partial charge in [-0.25, -0.2) is 4.79 Å². The lowest BCUT2D eigenvalue weighted by Crippen LogP contribution is -2.52. The number of hydrogen-bond acceptors (Lipinski definition) is 2. The lowest BCUT2D eigenvalue weighted by atomic mass is 9.83. The van der Waals surface area contributed by atoms with Gasteiger partial charge in [0.15, 0.2) is 0 Å². The van der Waals surface area contributed by atoms with Crippen molar-refractivity contribution in [3.8, 4) is 5.75 Å². The van der Waals surface area contributed by atoms with E-state index < -0.39 is 0 Å². The van der Waals surface area contributed by atoms with E-state index in [4.69, 9.17) is 4.74 Å². The predicted molar refractivity (Wildman–Crippen MR) is 99.1 cm³/mol. The Morgan fingerprint density at radius 2 is 1.76 bits per heavy atom. The molecule has 4 nitrogen and oxygen atoms in total. The van der Waals surface area contributed by atoms with Crippen LogP contribution < -0.4 is 10.1 Å². The van der Waals surface area contributed by atoms with Gasteiger partial charge in [-0.15, -0.1) is 0 Å². The molecule has 0 atom stereocenters. The monoisotopic (exact) mass is 336 g/mol. The van der Waals surface area contributed by atoms with Gasteiger partial charge in [0, 0.05) is 31.6 Å². The van der Waals surface area contributed by atoms with Gasteiger partial charge < -0.3 is 15.0 Å². The van der Waals surface area contributed by atoms with Crippen LogP contribution in [0.2, 0.25) is 0 Å². The molecule has 130 valence electrons. The first-order valence-corrected chi connectivity index (χ1v) is 9.04. The Morgan fingerprint density at radius 1 is 1.04 bits per heavy atom. The fourth-order valence-corrected chi connectivity index (χ4v) is 3.83. The maximum Gasteiger partial charge on any atom is 0.321 e. The van der Waals surface area contributed by atoms with Crippen molar-refractivity contribution < 1.29 is 9.53 Å². The van der Waals surface area contributed by atoms with Crippen molar-refractivity contribution in [1.29, 1.82) is 0 Å². The average molecular weight is 336 g/mol. The zero-order valence-corrected chi connectivity index (χ0v) is 14.6. The van der Waals surface area contributed by atoms with Crippen LogP contribution in [0.1, 0.15) is 30.4 Å². The minimum atomic E-state index is -0.103. The molecule has 2 heterocycles. The van der Waals surface area contributed by atoms with E-state index in [1.165, 1.54) is 5.56 Å². The second-order valence-electron chi connectivity index (χ2n) is 7.12. The highest BCUT2D eigenvalue weighted by Gasteiger charge is 2.40. The standard InChI is InChI=1S/C21H24N2O2/c1-16-6-2-4-8-18(16)22-20(24)23-14-12-21(13-15-23)11-10-17-7-3-5-9-19(17)25-21/h2-9H,10-15H2,1H3,(H,22,24). The summed E-state index contributed by atoms with van der Waals surface area (Å²) < 4.78 is 6.37. The number of anilines is 1. The summed E-state index contributed by atoms with van der Waals surface area (Å²) in [5.41, 5.74) is 3.16. The fourth-order valence-electron chi connectivity index (χ4n) is 3.83. The Labute approximate surface area is 148 Å². The number of benzene rings is 2. The number of urea groups is 1. The van der Waals surface area contributed by atoms with Gasteiger partial charge in [0.1, 0.15) is 11.4 Å². The first kappa shape index (κ1) is 16.0. The Bertz CT molecular complexity index is 779. The second kappa shape index (κ2) is 6.43. The number of para-hydroxylation sites is 2. The largest absolute Gasteiger partial charge is 0.487 e. The minimum absolute atomic E-state index is 0.0136. The molecule has 4 heteroatoms. The number of nitrogens with one attached hydrogen (secondary N) is 1. The number of carbonyl (C=O) groups is 1. The second-order valence-corrected chi connectivity index (χ2v) is 7.12. The molecule has 25 heavy (non-hydrogen) atoms. The summed E-state index contributed by atoms with van der Waals surface area (Å²) >= 11 is 0. The van der Waals surface area contributed by atoms with Crippen LogP contribution in [0.3, 0.4) is 0 Å². The molecule has 0 aromatic heterocycles. The number of amides is 2. The highest BCUT2D eigenvalue weighted by molar-refractivity contribution is 5.90. The van der Waals surface area contributed by atoms with Crippen LogP contribution >= 0.6 is 0 Å². The van der Waals surface area contributed by atoms with E-state index in [-0.39, 0.29) is 11.6 Å². The summed E-state index contributed by atoms with van der Waals surface area (Å²) in [5.74, 6) is 1.02. The Kier molecular flexibility index (Phi) is 4.12. The molecule has 2 amide bonds. The molecule has 1 N–H and O–H groups in total. The van der Waals surface area contributed by atoms with Gasteiger partial charge in [-0.3, -0.25) is 0 Å². The maximum atomic E-state index is 12.6. The molecule has 2 aliphatic heterocycles. The average Bonchev–Trinajstić information content (AvgIpc) is 2.64. The van der Waals surface area contributed by atoms with Gasteiger partial charge >= 0.3 is 6.03 Å². The normalized spacial score (nSPS) is 18.4. The van der Waals surface area contributed by atoms with Gasteiger partial charge in [0.2, 0.25) is 0 Å². The van der Waals surface area contributed by atoms with Crippen molar-refractivity contribution in [1.82, 2.24) is 4.90 Å². The summed E-state index contributed by atoms with van der Waals surface area (Å²) in [6, 6.07) is 16.2. The number of ether oxygens (including phenoxy) is 1. The van der Waals surface area contributed by atoms with E-state index in [9.17, 15) is 4.79 Å². The number of rotatable bonds is 1. The summed E-state index contributed by atoms with van der Waals surface area (Å²) in [6.45, 7) is 3.48. The van der Waals surface area contributed by atoms with E-state index in [1.54, 1.807) is 0 Å². The molecule has 0 radical (unpaired) electrons. The van der Waals surface area contributed by atoms with Gasteiger partial charge in [0.05, 0.1) is 0 Å². The molecule has 2 aromatic rings. The predicted octanol–water partition coefficient (Wildman–Crippen LogP) is 4.39. The number of likely N-dealkylation sites (tertiary alicyclic amines) is 1. The quantitative estimate of drug-likeness (QED) is 0.839. The van der Waals surface area contributed by atoms with E-state index in [0.29, 0.717) is 0 Å². The minimum Gasteiger partial charge on any atom is -0.487 e. The van der Waals surface area contributed by atoms with Crippen molar-refractivity contribution in [3.63, 3.8) is 0 Å². The summed E-state index contributed by atoms with van der Waals surface area (Å²) in [7, 11) is 0. The summed E-state index contributed by atoms with van der Waals surface area (Å²) in [5, 5.41) is 3.03. The molecule has 0 unspecified atom stereocenters. The number of nitrogens with zero attached hydrogens (tertiary/aromatic N) is 1. The van der Waals surface area contributed by atoms with Crippen LogP contribution in [0.15, 0.2) is 48.5 Å². The SMILES string of the molecule is Cc1ccccc1NC(=O)N1CCC2(CCc3ccccc3O2)CC1. The third-order valence-corrected chi connectivity index (χ3v) is 5.50. The fraction of sp³-hybridized carbons (Fsp3) is 0.381. The molecule has 1 fully saturated rings. The van der Waals surface area contributed by atoms with E-state index >= 15 is 0 Å². The van der Waals surface area contributed by atoms with E-state index in [1.807, 2.05) is 42.2 Å². The number of fused-ring (bicyclic) bond motifs is 1. The van der Waals surface area contributed by atoms with Gasteiger partial charge in [-0.05, 0) is 43.0 Å². The number of hydrogen-bond donors (Lipinski definition) is 1. The van der Waals surface area contributed by atoms with Crippen LogP contribution in [0, 0.1) is 6.92 Å². The first-order valence-electron chi connectivity index (χ1n) is 9.04. The molecule has 1 saturated heterocycles. The molecule has 4 rings (SSSR count). The molecule has 0 saturated carbocycles. The molecule has 2 aromatic carbocycles. The summed E-state index contributed by atoms with van der Waals surface area (Å²) in [6.07, 6.45) is 3.88. The number of piperidine rings is 1. The lowest BCUT2D eigenvalue weighted by molar-refractivity contribution is -0.00435. The molecule has 1 spiro atoms. The van der Waals surface area contributed by atoms with Gasteiger partial charge in [0.25, 0.3) is 0 Å². The zero-order valence-electron chi connectivity index (χ0n) is 14.6. The molecule has 0 bridgehead atoms. The van der Waals surface area contributed by atoms with Crippen LogP contribution in [0.25, 0.3) is 0 Å². The topological polar surface area (TPSA) is 41.6 Å². The third-order valence-electron chi connectivity index (χ3n) is 5.50. The van der Waals surface area contributed by atoms with Crippen molar-refractivity contribution in [3.05, 3.63) is 59.7 Å². The third kappa shape index (κ3) is 3.21. The number of aryl methyl sites for hydroxylation is 2. The zero-order chi connectivity index (χ0) is 17.3. The van der Waals surface area contributed by atoms with Crippen LogP contribution in [-0.4, -0.2) is 29.6 Å². The highest BCUT2D eigenvalue weighted by atomic mass is 16.5. The Hall–Kier alpha value is -2.49. The maximum absolute atomic E-state index is 12.6. The van der Waals surface area contributed by atoms with Crippen molar-refractivity contribution >= 4 is 11.7 Å². The molecule has 0 aliphatic carbocycles. The van der Waals surface area contributed by atoms with Crippen molar-refractivity contribution in [2.45, 2.75) is 38.2 Å². The lowest BCUT2D eigenvalue weighted by Gasteiger charge is -2.44. The van der Waals surface area contributed by atoms with Gasteiger partial charge in [-0.2, -0.15) is 0 Å². The van der Waals surface area contributed by atoms with Gasteiger partial charge in [-0.1, -0.05) is 36.4 Å². The van der Waals surface area contributed by atoms with Crippen LogP contribution in [-0.2, 0) is 6.42 Å². The van der Waals surface area contributed by atoms with Crippen LogP contribution in [0.4, 0.5) is 10.5 Å². The van der Waals surface area contributed by atoms with Crippen molar-refractivity contribution in [2.75, 3.05) is 18.4 Å². The molecule has 2 aliphatic rings. The smallest absolute Gasteiger partial charge is 0.321 e. The highest BCUT2D eigenvalue weighted by Crippen LogP contribution is 2.39. The van der Waals surface area contributed by atoms with Crippen molar-refractivity contribution in [2.24, 2.45) is 0 Å².